The van der Waals surface area contributed by atoms with Gasteiger partial charge in [0.25, 0.3) is 5.91 Å². The van der Waals surface area contributed by atoms with Crippen LogP contribution in [0.5, 0.6) is 5.75 Å². The topological polar surface area (TPSA) is 75.7 Å². The molecule has 0 aromatic heterocycles. The van der Waals surface area contributed by atoms with E-state index in [4.69, 9.17) is 16.3 Å². The highest BCUT2D eigenvalue weighted by molar-refractivity contribution is 7.89. The highest BCUT2D eigenvalue weighted by atomic mass is 35.5. The highest BCUT2D eigenvalue weighted by Gasteiger charge is 2.24. The third kappa shape index (κ3) is 5.15. The Kier molecular flexibility index (Phi) is 6.05. The van der Waals surface area contributed by atoms with Crippen molar-refractivity contribution < 1.29 is 17.9 Å². The Labute approximate surface area is 135 Å². The fraction of sp³-hybridized carbons (Fsp3) is 0.500. The van der Waals surface area contributed by atoms with Crippen molar-refractivity contribution in [3.05, 3.63) is 29.3 Å². The minimum Gasteiger partial charge on any atom is -0.484 e. The summed E-state index contributed by atoms with van der Waals surface area (Å²) >= 11 is 5.74. The van der Waals surface area contributed by atoms with Crippen molar-refractivity contribution in [2.75, 3.05) is 32.0 Å². The predicted molar refractivity (Wildman–Crippen MR) is 84.6 cm³/mol. The summed E-state index contributed by atoms with van der Waals surface area (Å²) in [6.07, 6.45) is 1.81. The Balaban J connectivity index is 1.68. The molecule has 1 amide bonds. The van der Waals surface area contributed by atoms with Crippen molar-refractivity contribution >= 4 is 27.5 Å². The first-order valence-electron chi connectivity index (χ1n) is 7.10. The van der Waals surface area contributed by atoms with Crippen molar-refractivity contribution in [3.8, 4) is 5.75 Å². The largest absolute Gasteiger partial charge is 0.484 e. The highest BCUT2D eigenvalue weighted by Crippen LogP contribution is 2.15. The number of benzene rings is 1. The maximum Gasteiger partial charge on any atom is 0.257 e. The van der Waals surface area contributed by atoms with Crippen LogP contribution in [0.4, 0.5) is 0 Å². The van der Waals surface area contributed by atoms with Gasteiger partial charge < -0.3 is 10.1 Å². The number of halogens is 1. The van der Waals surface area contributed by atoms with Crippen LogP contribution in [0.15, 0.2) is 24.3 Å². The summed E-state index contributed by atoms with van der Waals surface area (Å²) in [7, 11) is -3.26. The van der Waals surface area contributed by atoms with Crippen LogP contribution in [0.1, 0.15) is 12.8 Å². The van der Waals surface area contributed by atoms with Crippen LogP contribution in [-0.4, -0.2) is 50.6 Å². The van der Waals surface area contributed by atoms with Gasteiger partial charge in [0, 0.05) is 24.7 Å². The van der Waals surface area contributed by atoms with E-state index in [9.17, 15) is 13.2 Å². The molecule has 1 aliphatic rings. The minimum absolute atomic E-state index is 0.0836. The first-order valence-corrected chi connectivity index (χ1v) is 9.09. The van der Waals surface area contributed by atoms with E-state index in [0.717, 1.165) is 12.8 Å². The van der Waals surface area contributed by atoms with E-state index in [1.165, 1.54) is 4.31 Å². The molecule has 1 aromatic carbocycles. The number of amides is 1. The van der Waals surface area contributed by atoms with Gasteiger partial charge in [0.2, 0.25) is 10.0 Å². The van der Waals surface area contributed by atoms with Gasteiger partial charge in [0.05, 0.1) is 5.75 Å². The van der Waals surface area contributed by atoms with Gasteiger partial charge in [-0.1, -0.05) is 11.6 Å². The van der Waals surface area contributed by atoms with E-state index in [2.05, 4.69) is 5.32 Å². The Morgan fingerprint density at radius 3 is 2.50 bits per heavy atom. The molecule has 1 heterocycles. The summed E-state index contributed by atoms with van der Waals surface area (Å²) in [5, 5.41) is 3.13. The SMILES string of the molecule is O=C(COc1ccc(Cl)cc1)NCCS(=O)(=O)N1CCCC1. The lowest BCUT2D eigenvalue weighted by Gasteiger charge is -2.15. The van der Waals surface area contributed by atoms with Crippen LogP contribution in [0, 0.1) is 0 Å². The van der Waals surface area contributed by atoms with Gasteiger partial charge >= 0.3 is 0 Å². The lowest BCUT2D eigenvalue weighted by Crippen LogP contribution is -2.37. The number of carbonyl (C=O) groups excluding carboxylic acids is 1. The number of ether oxygens (including phenoxy) is 1. The van der Waals surface area contributed by atoms with Crippen molar-refractivity contribution in [2.24, 2.45) is 0 Å². The maximum absolute atomic E-state index is 12.0. The zero-order chi connectivity index (χ0) is 16.0. The molecule has 8 heteroatoms. The fourth-order valence-corrected chi connectivity index (χ4v) is 3.70. The lowest BCUT2D eigenvalue weighted by atomic mass is 10.3. The lowest BCUT2D eigenvalue weighted by molar-refractivity contribution is -0.122. The molecule has 1 aliphatic heterocycles. The average Bonchev–Trinajstić information content (AvgIpc) is 3.01. The van der Waals surface area contributed by atoms with E-state index < -0.39 is 10.0 Å². The third-order valence-corrected chi connectivity index (χ3v) is 5.45. The van der Waals surface area contributed by atoms with E-state index in [1.807, 2.05) is 0 Å². The Bertz CT molecular complexity index is 598. The van der Waals surface area contributed by atoms with E-state index >= 15 is 0 Å². The fourth-order valence-electron chi connectivity index (χ4n) is 2.15. The summed E-state index contributed by atoms with van der Waals surface area (Å²) in [5.74, 6) is 0.0930. The van der Waals surface area contributed by atoms with E-state index in [-0.39, 0.29) is 24.8 Å². The molecule has 0 atom stereocenters. The third-order valence-electron chi connectivity index (χ3n) is 3.32. The van der Waals surface area contributed by atoms with Crippen molar-refractivity contribution in [1.29, 1.82) is 0 Å². The van der Waals surface area contributed by atoms with Gasteiger partial charge in [0.1, 0.15) is 5.75 Å². The molecule has 22 heavy (non-hydrogen) atoms. The van der Waals surface area contributed by atoms with E-state index in [1.54, 1.807) is 24.3 Å². The smallest absolute Gasteiger partial charge is 0.257 e. The van der Waals surface area contributed by atoms with Crippen LogP contribution in [0.3, 0.4) is 0 Å². The summed E-state index contributed by atoms with van der Waals surface area (Å²) in [4.78, 5) is 11.6. The molecule has 1 fully saturated rings. The zero-order valence-electron chi connectivity index (χ0n) is 12.1. The number of carbonyl (C=O) groups is 1. The normalized spacial score (nSPS) is 15.7. The second-order valence-electron chi connectivity index (χ2n) is 5.01. The second kappa shape index (κ2) is 7.80. The first-order chi connectivity index (χ1) is 10.5. The van der Waals surface area contributed by atoms with Gasteiger partial charge in [-0.25, -0.2) is 12.7 Å². The molecule has 1 saturated heterocycles. The van der Waals surface area contributed by atoms with Crippen LogP contribution in [-0.2, 0) is 14.8 Å². The van der Waals surface area contributed by atoms with Crippen molar-refractivity contribution in [2.45, 2.75) is 12.8 Å². The summed E-state index contributed by atoms with van der Waals surface area (Å²) in [5.41, 5.74) is 0. The molecule has 122 valence electrons. The number of nitrogens with zero attached hydrogens (tertiary/aromatic N) is 1. The number of nitrogens with one attached hydrogen (secondary N) is 1. The molecule has 0 spiro atoms. The molecule has 1 aromatic rings. The Morgan fingerprint density at radius 1 is 1.23 bits per heavy atom. The van der Waals surface area contributed by atoms with Gasteiger partial charge in [-0.3, -0.25) is 4.79 Å². The average molecular weight is 347 g/mol. The molecule has 0 bridgehead atoms. The predicted octanol–water partition coefficient (Wildman–Crippen LogP) is 1.26. The monoisotopic (exact) mass is 346 g/mol. The molecular weight excluding hydrogens is 328 g/mol. The zero-order valence-corrected chi connectivity index (χ0v) is 13.7. The molecule has 1 N–H and O–H groups in total. The Morgan fingerprint density at radius 2 is 1.86 bits per heavy atom. The van der Waals surface area contributed by atoms with Gasteiger partial charge in [0.15, 0.2) is 6.61 Å². The van der Waals surface area contributed by atoms with Crippen molar-refractivity contribution in [1.82, 2.24) is 9.62 Å². The number of sulfonamides is 1. The maximum atomic E-state index is 12.0. The summed E-state index contributed by atoms with van der Waals surface area (Å²) in [6, 6.07) is 6.65. The summed E-state index contributed by atoms with van der Waals surface area (Å²) < 4.78 is 30.7. The van der Waals surface area contributed by atoms with Crippen LogP contribution in [0.25, 0.3) is 0 Å². The van der Waals surface area contributed by atoms with Crippen LogP contribution >= 0.6 is 11.6 Å². The van der Waals surface area contributed by atoms with Gasteiger partial charge in [-0.2, -0.15) is 0 Å². The molecule has 0 radical (unpaired) electrons. The number of hydrogen-bond donors (Lipinski definition) is 1. The number of hydrogen-bond acceptors (Lipinski definition) is 4. The first kappa shape index (κ1) is 17.1. The number of rotatable bonds is 7. The van der Waals surface area contributed by atoms with Crippen molar-refractivity contribution in [3.63, 3.8) is 0 Å². The standard InChI is InChI=1S/C14H19ClN2O4S/c15-12-3-5-13(6-4-12)21-11-14(18)16-7-10-22(19,20)17-8-1-2-9-17/h3-6H,1-2,7-11H2,(H,16,18). The molecule has 0 unspecified atom stereocenters. The minimum atomic E-state index is -3.26. The van der Waals surface area contributed by atoms with E-state index in [0.29, 0.717) is 23.9 Å². The van der Waals surface area contributed by atoms with Gasteiger partial charge in [-0.15, -0.1) is 0 Å². The quantitative estimate of drug-likeness (QED) is 0.806. The van der Waals surface area contributed by atoms with Crippen LogP contribution in [0.2, 0.25) is 5.02 Å². The molecule has 0 aliphatic carbocycles. The summed E-state index contributed by atoms with van der Waals surface area (Å²) in [6.45, 7) is 1.08. The molecule has 2 rings (SSSR count). The molecular formula is C14H19ClN2O4S. The van der Waals surface area contributed by atoms with Gasteiger partial charge in [-0.05, 0) is 37.1 Å². The molecule has 0 saturated carbocycles. The molecule has 6 nitrogen and oxygen atoms in total. The Hall–Kier alpha value is -1.31. The second-order valence-corrected chi connectivity index (χ2v) is 7.54. The van der Waals surface area contributed by atoms with Crippen LogP contribution < -0.4 is 10.1 Å².